The fourth-order valence-corrected chi connectivity index (χ4v) is 2.20. The van der Waals surface area contributed by atoms with Crippen molar-refractivity contribution in [1.29, 1.82) is 0 Å². The molecular formula is C16H17BrN2O. The maximum atomic E-state index is 11.9. The van der Waals surface area contributed by atoms with Gasteiger partial charge in [-0.05, 0) is 43.2 Å². The van der Waals surface area contributed by atoms with Gasteiger partial charge in [0.25, 0.3) is 0 Å². The average Bonchev–Trinajstić information content (AvgIpc) is 2.42. The van der Waals surface area contributed by atoms with Crippen LogP contribution < -0.4 is 10.6 Å². The molecule has 4 heteroatoms. The molecule has 0 radical (unpaired) electrons. The standard InChI is InChI=1S/C16H17BrN2O/c1-11-7-8-13(9-14(11)17)19-16(20)10-18-15-6-4-3-5-12(15)2/h3-9,18H,10H2,1-2H3,(H,19,20). The zero-order chi connectivity index (χ0) is 14.5. The molecule has 2 N–H and O–H groups in total. The molecule has 0 atom stereocenters. The van der Waals surface area contributed by atoms with E-state index in [0.29, 0.717) is 0 Å². The van der Waals surface area contributed by atoms with Crippen LogP contribution in [0.3, 0.4) is 0 Å². The lowest BCUT2D eigenvalue weighted by Gasteiger charge is -2.10. The first kappa shape index (κ1) is 14.6. The number of rotatable bonds is 4. The first-order chi connectivity index (χ1) is 9.56. The van der Waals surface area contributed by atoms with Crippen LogP contribution in [-0.2, 0) is 4.79 Å². The maximum Gasteiger partial charge on any atom is 0.243 e. The second-order valence-electron chi connectivity index (χ2n) is 4.68. The third-order valence-electron chi connectivity index (χ3n) is 3.04. The minimum Gasteiger partial charge on any atom is -0.376 e. The summed E-state index contributed by atoms with van der Waals surface area (Å²) < 4.78 is 0.988. The molecule has 3 nitrogen and oxygen atoms in total. The van der Waals surface area contributed by atoms with E-state index in [4.69, 9.17) is 0 Å². The fourth-order valence-electron chi connectivity index (χ4n) is 1.82. The Labute approximate surface area is 127 Å². The van der Waals surface area contributed by atoms with E-state index in [1.807, 2.05) is 56.3 Å². The second kappa shape index (κ2) is 6.57. The van der Waals surface area contributed by atoms with Crippen LogP contribution in [0.25, 0.3) is 0 Å². The summed E-state index contributed by atoms with van der Waals surface area (Å²) in [4.78, 5) is 11.9. The van der Waals surface area contributed by atoms with Crippen molar-refractivity contribution in [2.45, 2.75) is 13.8 Å². The van der Waals surface area contributed by atoms with Gasteiger partial charge in [-0.1, -0.05) is 40.2 Å². The van der Waals surface area contributed by atoms with Crippen molar-refractivity contribution in [3.05, 3.63) is 58.1 Å². The zero-order valence-electron chi connectivity index (χ0n) is 11.5. The molecule has 0 saturated carbocycles. The molecule has 0 aliphatic rings. The van der Waals surface area contributed by atoms with Crippen LogP contribution in [-0.4, -0.2) is 12.5 Å². The summed E-state index contributed by atoms with van der Waals surface area (Å²) in [5.74, 6) is -0.0657. The summed E-state index contributed by atoms with van der Waals surface area (Å²) in [6.07, 6.45) is 0. The van der Waals surface area contributed by atoms with Crippen molar-refractivity contribution in [3.8, 4) is 0 Å². The maximum absolute atomic E-state index is 11.9. The summed E-state index contributed by atoms with van der Waals surface area (Å²) >= 11 is 3.45. The van der Waals surface area contributed by atoms with Gasteiger partial charge in [0, 0.05) is 15.8 Å². The van der Waals surface area contributed by atoms with E-state index in [1.165, 1.54) is 0 Å². The van der Waals surface area contributed by atoms with E-state index in [1.54, 1.807) is 0 Å². The lowest BCUT2D eigenvalue weighted by Crippen LogP contribution is -2.22. The summed E-state index contributed by atoms with van der Waals surface area (Å²) in [7, 11) is 0. The number of para-hydroxylation sites is 1. The number of hydrogen-bond donors (Lipinski definition) is 2. The number of aryl methyl sites for hydroxylation is 2. The van der Waals surface area contributed by atoms with Gasteiger partial charge in [-0.15, -0.1) is 0 Å². The van der Waals surface area contributed by atoms with Crippen LogP contribution in [0.15, 0.2) is 46.9 Å². The molecule has 0 fully saturated rings. The van der Waals surface area contributed by atoms with Gasteiger partial charge in [0.15, 0.2) is 0 Å². The monoisotopic (exact) mass is 332 g/mol. The van der Waals surface area contributed by atoms with Gasteiger partial charge in [-0.2, -0.15) is 0 Å². The van der Waals surface area contributed by atoms with Crippen molar-refractivity contribution >= 4 is 33.2 Å². The Balaban J connectivity index is 1.93. The van der Waals surface area contributed by atoms with Gasteiger partial charge >= 0.3 is 0 Å². The fraction of sp³-hybridized carbons (Fsp3) is 0.188. The van der Waals surface area contributed by atoms with Gasteiger partial charge < -0.3 is 10.6 Å². The molecule has 0 aliphatic carbocycles. The molecule has 0 heterocycles. The molecule has 2 rings (SSSR count). The van der Waals surface area contributed by atoms with Crippen LogP contribution in [0.5, 0.6) is 0 Å². The van der Waals surface area contributed by atoms with E-state index in [2.05, 4.69) is 26.6 Å². The Morgan fingerprint density at radius 3 is 2.55 bits per heavy atom. The topological polar surface area (TPSA) is 41.1 Å². The molecule has 20 heavy (non-hydrogen) atoms. The van der Waals surface area contributed by atoms with Gasteiger partial charge in [0.1, 0.15) is 0 Å². The number of hydrogen-bond acceptors (Lipinski definition) is 2. The Bertz CT molecular complexity index is 626. The van der Waals surface area contributed by atoms with Crippen molar-refractivity contribution in [2.75, 3.05) is 17.2 Å². The number of amides is 1. The molecule has 2 aromatic rings. The van der Waals surface area contributed by atoms with E-state index in [-0.39, 0.29) is 12.5 Å². The van der Waals surface area contributed by atoms with Crippen LogP contribution in [0.2, 0.25) is 0 Å². The molecule has 104 valence electrons. The first-order valence-corrected chi connectivity index (χ1v) is 7.21. The molecule has 0 unspecified atom stereocenters. The van der Waals surface area contributed by atoms with Crippen molar-refractivity contribution in [1.82, 2.24) is 0 Å². The Morgan fingerprint density at radius 2 is 1.85 bits per heavy atom. The van der Waals surface area contributed by atoms with Gasteiger partial charge in [0.05, 0.1) is 6.54 Å². The molecule has 0 aromatic heterocycles. The number of benzene rings is 2. The molecule has 0 aliphatic heterocycles. The summed E-state index contributed by atoms with van der Waals surface area (Å²) in [6.45, 7) is 4.27. The first-order valence-electron chi connectivity index (χ1n) is 6.42. The van der Waals surface area contributed by atoms with Crippen LogP contribution in [0, 0.1) is 13.8 Å². The van der Waals surface area contributed by atoms with E-state index in [9.17, 15) is 4.79 Å². The quantitative estimate of drug-likeness (QED) is 0.884. The predicted octanol–water partition coefficient (Wildman–Crippen LogP) is 4.12. The summed E-state index contributed by atoms with van der Waals surface area (Å²) in [6, 6.07) is 13.7. The highest BCUT2D eigenvalue weighted by atomic mass is 79.9. The lowest BCUT2D eigenvalue weighted by atomic mass is 10.2. The minimum absolute atomic E-state index is 0.0657. The number of nitrogens with one attached hydrogen (secondary N) is 2. The van der Waals surface area contributed by atoms with Gasteiger partial charge in [0.2, 0.25) is 5.91 Å². The highest BCUT2D eigenvalue weighted by molar-refractivity contribution is 9.10. The van der Waals surface area contributed by atoms with Crippen molar-refractivity contribution < 1.29 is 4.79 Å². The number of carbonyl (C=O) groups excluding carboxylic acids is 1. The molecule has 0 saturated heterocycles. The predicted molar refractivity (Wildman–Crippen MR) is 87.2 cm³/mol. The highest BCUT2D eigenvalue weighted by Crippen LogP contribution is 2.20. The molecule has 0 bridgehead atoms. The summed E-state index contributed by atoms with van der Waals surface area (Å²) in [5, 5.41) is 6.00. The highest BCUT2D eigenvalue weighted by Gasteiger charge is 2.04. The Morgan fingerprint density at radius 1 is 1.10 bits per heavy atom. The third kappa shape index (κ3) is 3.84. The molecular weight excluding hydrogens is 316 g/mol. The largest absolute Gasteiger partial charge is 0.376 e. The smallest absolute Gasteiger partial charge is 0.243 e. The molecule has 2 aromatic carbocycles. The Kier molecular flexibility index (Phi) is 4.79. The van der Waals surface area contributed by atoms with E-state index in [0.717, 1.165) is 27.0 Å². The lowest BCUT2D eigenvalue weighted by molar-refractivity contribution is -0.114. The van der Waals surface area contributed by atoms with Crippen molar-refractivity contribution in [2.24, 2.45) is 0 Å². The number of carbonyl (C=O) groups is 1. The van der Waals surface area contributed by atoms with Gasteiger partial charge in [-0.3, -0.25) is 4.79 Å². The molecule has 1 amide bonds. The average molecular weight is 333 g/mol. The number of anilines is 2. The third-order valence-corrected chi connectivity index (χ3v) is 3.89. The second-order valence-corrected chi connectivity index (χ2v) is 5.53. The van der Waals surface area contributed by atoms with Crippen LogP contribution in [0.4, 0.5) is 11.4 Å². The Hall–Kier alpha value is -1.81. The summed E-state index contributed by atoms with van der Waals surface area (Å²) in [5.41, 5.74) is 4.03. The van der Waals surface area contributed by atoms with Gasteiger partial charge in [-0.25, -0.2) is 0 Å². The SMILES string of the molecule is Cc1ccc(NC(=O)CNc2ccccc2C)cc1Br. The van der Waals surface area contributed by atoms with Crippen LogP contribution in [0.1, 0.15) is 11.1 Å². The van der Waals surface area contributed by atoms with E-state index < -0.39 is 0 Å². The van der Waals surface area contributed by atoms with Crippen LogP contribution >= 0.6 is 15.9 Å². The van der Waals surface area contributed by atoms with Crippen molar-refractivity contribution in [3.63, 3.8) is 0 Å². The normalized spacial score (nSPS) is 10.2. The number of halogens is 1. The zero-order valence-corrected chi connectivity index (χ0v) is 13.1. The molecule has 0 spiro atoms. The van der Waals surface area contributed by atoms with E-state index >= 15 is 0 Å². The minimum atomic E-state index is -0.0657.